The molecule has 1 aliphatic carbocycles. The van der Waals surface area contributed by atoms with Gasteiger partial charge in [0, 0.05) is 5.92 Å². The van der Waals surface area contributed by atoms with E-state index in [4.69, 9.17) is 9.84 Å². The number of hydrogen-bond donors (Lipinski definition) is 1. The van der Waals surface area contributed by atoms with Gasteiger partial charge in [0.15, 0.2) is 0 Å². The third kappa shape index (κ3) is 2.90. The minimum absolute atomic E-state index is 0.105. The molecular weight excluding hydrogens is 283 g/mol. The van der Waals surface area contributed by atoms with Crippen molar-refractivity contribution in [3.05, 3.63) is 29.3 Å². The molecule has 1 aromatic carbocycles. The monoisotopic (exact) mass is 304 g/mol. The van der Waals surface area contributed by atoms with Crippen molar-refractivity contribution in [2.75, 3.05) is 13.2 Å². The van der Waals surface area contributed by atoms with Crippen molar-refractivity contribution < 1.29 is 14.2 Å². The lowest BCUT2D eigenvalue weighted by atomic mass is 9.86. The van der Waals surface area contributed by atoms with Crippen LogP contribution in [0.3, 0.4) is 0 Å². The van der Waals surface area contributed by atoms with Crippen molar-refractivity contribution in [2.45, 2.75) is 44.9 Å². The maximum Gasteiger partial charge on any atom is 0.224 e. The van der Waals surface area contributed by atoms with Crippen LogP contribution in [0.15, 0.2) is 12.1 Å². The molecular formula is C17H21FN2O2. The predicted octanol–water partition coefficient (Wildman–Crippen LogP) is 3.31. The molecule has 0 unspecified atom stereocenters. The number of halogens is 1. The van der Waals surface area contributed by atoms with Crippen LogP contribution in [0.1, 0.15) is 50.9 Å². The summed E-state index contributed by atoms with van der Waals surface area (Å²) in [6.07, 6.45) is 2.07. The zero-order valence-corrected chi connectivity index (χ0v) is 13.2. The number of fused-ring (bicyclic) bond motifs is 1. The average molecular weight is 304 g/mol. The highest BCUT2D eigenvalue weighted by atomic mass is 19.1. The van der Waals surface area contributed by atoms with Crippen molar-refractivity contribution in [1.82, 2.24) is 9.97 Å². The van der Waals surface area contributed by atoms with E-state index in [1.807, 2.05) is 26.8 Å². The second kappa shape index (κ2) is 5.47. The highest BCUT2D eigenvalue weighted by Crippen LogP contribution is 2.40. The Hall–Kier alpha value is -1.75. The Bertz CT molecular complexity index is 706. The van der Waals surface area contributed by atoms with Crippen LogP contribution in [0.2, 0.25) is 0 Å². The van der Waals surface area contributed by atoms with Gasteiger partial charge in [-0.25, -0.2) is 9.37 Å². The van der Waals surface area contributed by atoms with Crippen LogP contribution >= 0.6 is 0 Å². The predicted molar refractivity (Wildman–Crippen MR) is 82.8 cm³/mol. The number of rotatable bonds is 4. The van der Waals surface area contributed by atoms with E-state index in [2.05, 4.69) is 9.97 Å². The Labute approximate surface area is 129 Å². The highest BCUT2D eigenvalue weighted by molar-refractivity contribution is 5.85. The lowest BCUT2D eigenvalue weighted by molar-refractivity contribution is 0.198. The fraction of sp³-hybridized carbons (Fsp3) is 0.529. The number of aromatic nitrogens is 2. The second-order valence-electron chi connectivity index (χ2n) is 6.84. The SMILES string of the molecule is CC(C)(C)c1cc(F)c2nc(C3CC3)nc(OCCO)c2c1. The van der Waals surface area contributed by atoms with E-state index in [-0.39, 0.29) is 24.4 Å². The Morgan fingerprint density at radius 2 is 2.00 bits per heavy atom. The van der Waals surface area contributed by atoms with Gasteiger partial charge in [0.2, 0.25) is 5.88 Å². The number of nitrogens with zero attached hydrogens (tertiary/aromatic N) is 2. The normalized spacial score (nSPS) is 15.3. The summed E-state index contributed by atoms with van der Waals surface area (Å²) in [5, 5.41) is 9.56. The van der Waals surface area contributed by atoms with Crippen LogP contribution < -0.4 is 4.74 Å². The summed E-state index contributed by atoms with van der Waals surface area (Å²) < 4.78 is 20.1. The Balaban J connectivity index is 2.19. The maximum absolute atomic E-state index is 14.5. The smallest absolute Gasteiger partial charge is 0.224 e. The molecule has 1 N–H and O–H groups in total. The van der Waals surface area contributed by atoms with Gasteiger partial charge < -0.3 is 9.84 Å². The third-order valence-corrected chi connectivity index (χ3v) is 3.87. The van der Waals surface area contributed by atoms with Gasteiger partial charge in [-0.2, -0.15) is 4.98 Å². The molecule has 5 heteroatoms. The summed E-state index contributed by atoms with van der Waals surface area (Å²) in [6, 6.07) is 3.43. The Kier molecular flexibility index (Phi) is 3.77. The number of hydrogen-bond acceptors (Lipinski definition) is 4. The second-order valence-corrected chi connectivity index (χ2v) is 6.84. The van der Waals surface area contributed by atoms with Gasteiger partial charge in [0.25, 0.3) is 0 Å². The zero-order valence-electron chi connectivity index (χ0n) is 13.2. The molecule has 0 radical (unpaired) electrons. The summed E-state index contributed by atoms with van der Waals surface area (Å²) in [6.45, 7) is 6.12. The molecule has 0 atom stereocenters. The summed E-state index contributed by atoms with van der Waals surface area (Å²) in [5.74, 6) is 0.969. The van der Waals surface area contributed by atoms with E-state index in [1.54, 1.807) is 6.07 Å². The molecule has 3 rings (SSSR count). The van der Waals surface area contributed by atoms with Crippen molar-refractivity contribution in [2.24, 2.45) is 0 Å². The van der Waals surface area contributed by atoms with Crippen LogP contribution in [-0.2, 0) is 5.41 Å². The van der Waals surface area contributed by atoms with Gasteiger partial charge in [-0.3, -0.25) is 0 Å². The lowest BCUT2D eigenvalue weighted by Gasteiger charge is -2.20. The van der Waals surface area contributed by atoms with Crippen LogP contribution in [0.4, 0.5) is 4.39 Å². The van der Waals surface area contributed by atoms with Crippen LogP contribution in [0.25, 0.3) is 10.9 Å². The molecule has 118 valence electrons. The summed E-state index contributed by atoms with van der Waals surface area (Å²) in [7, 11) is 0. The van der Waals surface area contributed by atoms with Gasteiger partial charge in [0.05, 0.1) is 12.0 Å². The van der Waals surface area contributed by atoms with E-state index in [1.165, 1.54) is 0 Å². The Morgan fingerprint density at radius 1 is 1.27 bits per heavy atom. The molecule has 1 aliphatic rings. The van der Waals surface area contributed by atoms with Gasteiger partial charge >= 0.3 is 0 Å². The molecule has 1 heterocycles. The first-order valence-corrected chi connectivity index (χ1v) is 7.65. The van der Waals surface area contributed by atoms with Crippen molar-refractivity contribution in [3.8, 4) is 5.88 Å². The largest absolute Gasteiger partial charge is 0.475 e. The van der Waals surface area contributed by atoms with E-state index < -0.39 is 0 Å². The van der Waals surface area contributed by atoms with Crippen molar-refractivity contribution >= 4 is 10.9 Å². The first-order chi connectivity index (χ1) is 10.4. The first-order valence-electron chi connectivity index (χ1n) is 7.65. The van der Waals surface area contributed by atoms with E-state index in [0.717, 1.165) is 18.4 Å². The lowest BCUT2D eigenvalue weighted by Crippen LogP contribution is -2.13. The van der Waals surface area contributed by atoms with Crippen LogP contribution in [-0.4, -0.2) is 28.3 Å². The summed E-state index contributed by atoms with van der Waals surface area (Å²) in [5.41, 5.74) is 0.991. The molecule has 4 nitrogen and oxygen atoms in total. The molecule has 0 bridgehead atoms. The summed E-state index contributed by atoms with van der Waals surface area (Å²) >= 11 is 0. The van der Waals surface area contributed by atoms with Gasteiger partial charge in [0.1, 0.15) is 23.8 Å². The number of benzene rings is 1. The maximum atomic E-state index is 14.5. The molecule has 2 aromatic rings. The van der Waals surface area contributed by atoms with Crippen LogP contribution in [0.5, 0.6) is 5.88 Å². The highest BCUT2D eigenvalue weighted by Gasteiger charge is 2.29. The third-order valence-electron chi connectivity index (χ3n) is 3.87. The van der Waals surface area contributed by atoms with Gasteiger partial charge in [-0.05, 0) is 36.0 Å². The van der Waals surface area contributed by atoms with Gasteiger partial charge in [-0.15, -0.1) is 0 Å². The topological polar surface area (TPSA) is 55.2 Å². The van der Waals surface area contributed by atoms with Crippen molar-refractivity contribution in [3.63, 3.8) is 0 Å². The minimum atomic E-state index is -0.347. The molecule has 1 saturated carbocycles. The molecule has 1 aromatic heterocycles. The standard InChI is InChI=1S/C17H21FN2O2/c1-17(2,3)11-8-12-14(13(18)9-11)19-15(10-4-5-10)20-16(12)22-7-6-21/h8-10,21H,4-7H2,1-3H3. The Morgan fingerprint density at radius 3 is 2.59 bits per heavy atom. The molecule has 1 fully saturated rings. The van der Waals surface area contributed by atoms with Gasteiger partial charge in [-0.1, -0.05) is 20.8 Å². The molecule has 0 saturated heterocycles. The summed E-state index contributed by atoms with van der Waals surface area (Å²) in [4.78, 5) is 8.85. The molecule has 22 heavy (non-hydrogen) atoms. The number of ether oxygens (including phenoxy) is 1. The average Bonchev–Trinajstić information content (AvgIpc) is 3.28. The minimum Gasteiger partial charge on any atom is -0.475 e. The molecule has 0 spiro atoms. The molecule has 0 amide bonds. The first kappa shape index (κ1) is 15.2. The number of aliphatic hydroxyl groups is 1. The molecule has 0 aliphatic heterocycles. The van der Waals surface area contributed by atoms with E-state index in [9.17, 15) is 4.39 Å². The van der Waals surface area contributed by atoms with E-state index in [0.29, 0.717) is 28.5 Å². The quantitative estimate of drug-likeness (QED) is 0.941. The fourth-order valence-electron chi connectivity index (χ4n) is 2.39. The fourth-order valence-corrected chi connectivity index (χ4v) is 2.39. The zero-order chi connectivity index (χ0) is 15.9. The number of aliphatic hydroxyl groups excluding tert-OH is 1. The van der Waals surface area contributed by atoms with Crippen LogP contribution in [0, 0.1) is 5.82 Å². The van der Waals surface area contributed by atoms with E-state index >= 15 is 0 Å². The van der Waals surface area contributed by atoms with Crippen molar-refractivity contribution in [1.29, 1.82) is 0 Å².